The number of benzene rings is 2. The third-order valence-electron chi connectivity index (χ3n) is 5.57. The third kappa shape index (κ3) is 4.12. The van der Waals surface area contributed by atoms with Gasteiger partial charge in [0, 0.05) is 12.1 Å². The zero-order valence-corrected chi connectivity index (χ0v) is 17.4. The number of anilines is 1. The van der Waals surface area contributed by atoms with E-state index in [4.69, 9.17) is 0 Å². The maximum Gasteiger partial charge on any atom is 0.294 e. The average molecular weight is 392 g/mol. The highest BCUT2D eigenvalue weighted by molar-refractivity contribution is 6.16. The lowest BCUT2D eigenvalue weighted by atomic mass is 9.94. The molecule has 152 valence electrons. The molecule has 4 nitrogen and oxygen atoms in total. The first-order valence-corrected chi connectivity index (χ1v) is 10.5. The Kier molecular flexibility index (Phi) is 6.53. The van der Waals surface area contributed by atoms with Gasteiger partial charge in [-0.1, -0.05) is 63.6 Å². The second-order valence-corrected chi connectivity index (χ2v) is 7.48. The normalized spacial score (nSPS) is 16.6. The molecule has 1 amide bonds. The summed E-state index contributed by atoms with van der Waals surface area (Å²) in [6, 6.07) is 15.2. The number of amides is 1. The monoisotopic (exact) mass is 391 g/mol. The second kappa shape index (κ2) is 9.08. The Morgan fingerprint density at radius 2 is 1.59 bits per heavy atom. The van der Waals surface area contributed by atoms with Crippen LogP contribution in [0, 0.1) is 0 Å². The molecule has 1 unspecified atom stereocenters. The molecule has 0 aromatic heterocycles. The van der Waals surface area contributed by atoms with Crippen LogP contribution in [0.1, 0.15) is 62.8 Å². The molecule has 4 heteroatoms. The number of aliphatic hydroxyl groups is 1. The van der Waals surface area contributed by atoms with Crippen LogP contribution in [0.2, 0.25) is 0 Å². The van der Waals surface area contributed by atoms with E-state index in [9.17, 15) is 14.7 Å². The van der Waals surface area contributed by atoms with Crippen molar-refractivity contribution < 1.29 is 14.7 Å². The number of hydrogen-bond acceptors (Lipinski definition) is 3. The molecule has 2 aromatic rings. The van der Waals surface area contributed by atoms with E-state index in [0.29, 0.717) is 5.69 Å². The minimum Gasteiger partial charge on any atom is -0.503 e. The van der Waals surface area contributed by atoms with E-state index < -0.39 is 17.7 Å². The van der Waals surface area contributed by atoms with Crippen molar-refractivity contribution in [3.8, 4) is 0 Å². The summed E-state index contributed by atoms with van der Waals surface area (Å²) in [7, 11) is 0. The Labute approximate surface area is 172 Å². The third-order valence-corrected chi connectivity index (χ3v) is 5.57. The number of carbonyl (C=O) groups excluding carboxylic acids is 2. The highest BCUT2D eigenvalue weighted by Crippen LogP contribution is 2.41. The van der Waals surface area contributed by atoms with Gasteiger partial charge in [0.15, 0.2) is 11.5 Å². The number of Topliss-reactive ketones (excluding diaryl/α,β-unsaturated/α-hetero) is 1. The predicted molar refractivity (Wildman–Crippen MR) is 116 cm³/mol. The van der Waals surface area contributed by atoms with Gasteiger partial charge in [-0.25, -0.2) is 0 Å². The molecule has 3 rings (SSSR count). The smallest absolute Gasteiger partial charge is 0.294 e. The molecule has 1 aliphatic heterocycles. The Morgan fingerprint density at radius 3 is 2.14 bits per heavy atom. The van der Waals surface area contributed by atoms with Gasteiger partial charge in [0.1, 0.15) is 0 Å². The van der Waals surface area contributed by atoms with Gasteiger partial charge < -0.3 is 5.11 Å². The maximum atomic E-state index is 13.0. The molecule has 0 bridgehead atoms. The van der Waals surface area contributed by atoms with E-state index >= 15 is 0 Å². The minimum atomic E-state index is -0.609. The molecule has 2 aromatic carbocycles. The molecule has 1 N–H and O–H groups in total. The van der Waals surface area contributed by atoms with Crippen LogP contribution < -0.4 is 4.90 Å². The number of hydrogen-bond donors (Lipinski definition) is 1. The largest absolute Gasteiger partial charge is 0.503 e. The predicted octanol–water partition coefficient (Wildman–Crippen LogP) is 5.47. The number of ketones is 1. The molecule has 0 saturated carbocycles. The fourth-order valence-corrected chi connectivity index (χ4v) is 3.80. The van der Waals surface area contributed by atoms with E-state index in [1.807, 2.05) is 48.5 Å². The molecule has 1 heterocycles. The second-order valence-electron chi connectivity index (χ2n) is 7.48. The van der Waals surface area contributed by atoms with Gasteiger partial charge in [-0.15, -0.1) is 0 Å². The lowest BCUT2D eigenvalue weighted by Crippen LogP contribution is -2.31. The summed E-state index contributed by atoms with van der Waals surface area (Å²) in [5, 5.41) is 10.6. The van der Waals surface area contributed by atoms with Crippen LogP contribution in [-0.4, -0.2) is 16.8 Å². The Bertz CT molecular complexity index is 910. The topological polar surface area (TPSA) is 57.6 Å². The van der Waals surface area contributed by atoms with Gasteiger partial charge in [0.25, 0.3) is 5.91 Å². The summed E-state index contributed by atoms with van der Waals surface area (Å²) in [6.07, 6.45) is 4.39. The zero-order chi connectivity index (χ0) is 21.0. The lowest BCUT2D eigenvalue weighted by Gasteiger charge is -2.27. The first-order chi connectivity index (χ1) is 14.0. The van der Waals surface area contributed by atoms with E-state index in [2.05, 4.69) is 13.8 Å². The molecule has 0 radical (unpaired) electrons. The van der Waals surface area contributed by atoms with Gasteiger partial charge in [0.2, 0.25) is 0 Å². The average Bonchev–Trinajstić information content (AvgIpc) is 3.03. The quantitative estimate of drug-likeness (QED) is 0.649. The first kappa shape index (κ1) is 20.8. The van der Waals surface area contributed by atoms with Crippen LogP contribution in [-0.2, 0) is 22.4 Å². The summed E-state index contributed by atoms with van der Waals surface area (Å²) in [5.74, 6) is -1.16. The summed E-state index contributed by atoms with van der Waals surface area (Å²) in [5.41, 5.74) is 4.10. The van der Waals surface area contributed by atoms with Gasteiger partial charge in [-0.3, -0.25) is 14.5 Å². The SMILES string of the molecule is CCCCc1ccc(N2C(=O)C(O)=C(C(=O)CC)C2c2ccc(CC)cc2)cc1. The number of unbranched alkanes of at least 4 members (excludes halogenated alkanes) is 1. The molecular formula is C25H29NO3. The molecule has 0 aliphatic carbocycles. The summed E-state index contributed by atoms with van der Waals surface area (Å²) >= 11 is 0. The number of nitrogens with zero attached hydrogens (tertiary/aromatic N) is 1. The molecular weight excluding hydrogens is 362 g/mol. The van der Waals surface area contributed by atoms with E-state index in [1.165, 1.54) is 11.1 Å². The van der Waals surface area contributed by atoms with Crippen molar-refractivity contribution in [3.05, 3.63) is 76.6 Å². The van der Waals surface area contributed by atoms with Gasteiger partial charge in [0.05, 0.1) is 11.6 Å². The zero-order valence-electron chi connectivity index (χ0n) is 17.4. The summed E-state index contributed by atoms with van der Waals surface area (Å²) < 4.78 is 0. The number of rotatable bonds is 8. The van der Waals surface area contributed by atoms with Crippen molar-refractivity contribution in [2.24, 2.45) is 0 Å². The van der Waals surface area contributed by atoms with Crippen LogP contribution in [0.3, 0.4) is 0 Å². The van der Waals surface area contributed by atoms with E-state index in [0.717, 1.165) is 31.2 Å². The fraction of sp³-hybridized carbons (Fsp3) is 0.360. The van der Waals surface area contributed by atoms with Gasteiger partial charge in [-0.2, -0.15) is 0 Å². The summed E-state index contributed by atoms with van der Waals surface area (Å²) in [6.45, 7) is 5.99. The molecule has 0 fully saturated rings. The van der Waals surface area contributed by atoms with Crippen molar-refractivity contribution in [1.29, 1.82) is 0 Å². The Balaban J connectivity index is 2.04. The van der Waals surface area contributed by atoms with Crippen LogP contribution in [0.25, 0.3) is 0 Å². The minimum absolute atomic E-state index is 0.191. The number of carbonyl (C=O) groups is 2. The Morgan fingerprint density at radius 1 is 0.966 bits per heavy atom. The van der Waals surface area contributed by atoms with Crippen molar-refractivity contribution in [2.45, 2.75) is 58.9 Å². The highest BCUT2D eigenvalue weighted by Gasteiger charge is 2.43. The molecule has 1 atom stereocenters. The lowest BCUT2D eigenvalue weighted by molar-refractivity contribution is -0.118. The molecule has 1 aliphatic rings. The van der Waals surface area contributed by atoms with Crippen molar-refractivity contribution in [2.75, 3.05) is 4.90 Å². The van der Waals surface area contributed by atoms with Crippen LogP contribution in [0.4, 0.5) is 5.69 Å². The van der Waals surface area contributed by atoms with E-state index in [-0.39, 0.29) is 17.8 Å². The fourth-order valence-electron chi connectivity index (χ4n) is 3.80. The molecule has 0 spiro atoms. The molecule has 29 heavy (non-hydrogen) atoms. The van der Waals surface area contributed by atoms with Crippen molar-refractivity contribution >= 4 is 17.4 Å². The highest BCUT2D eigenvalue weighted by atomic mass is 16.3. The van der Waals surface area contributed by atoms with Crippen LogP contribution >= 0.6 is 0 Å². The number of aliphatic hydroxyl groups excluding tert-OH is 1. The Hall–Kier alpha value is -2.88. The van der Waals surface area contributed by atoms with E-state index in [1.54, 1.807) is 11.8 Å². The van der Waals surface area contributed by atoms with Crippen molar-refractivity contribution in [1.82, 2.24) is 0 Å². The molecule has 0 saturated heterocycles. The standard InChI is InChI=1S/C25H29NO3/c1-4-7-8-18-11-15-20(16-12-18)26-23(19-13-9-17(5-2)10-14-19)22(21(27)6-3)24(28)25(26)29/h9-16,23,28H,4-8H2,1-3H3. The van der Waals surface area contributed by atoms with Gasteiger partial charge >= 0.3 is 0 Å². The first-order valence-electron chi connectivity index (χ1n) is 10.5. The van der Waals surface area contributed by atoms with Crippen molar-refractivity contribution in [3.63, 3.8) is 0 Å². The summed E-state index contributed by atoms with van der Waals surface area (Å²) in [4.78, 5) is 27.1. The van der Waals surface area contributed by atoms with Gasteiger partial charge in [-0.05, 0) is 48.1 Å². The van der Waals surface area contributed by atoms with Crippen LogP contribution in [0.5, 0.6) is 0 Å². The number of aryl methyl sites for hydroxylation is 2. The van der Waals surface area contributed by atoms with Crippen LogP contribution in [0.15, 0.2) is 59.9 Å². The maximum absolute atomic E-state index is 13.0.